The number of nitrogens with one attached hydrogen (secondary N) is 1. The van der Waals surface area contributed by atoms with E-state index in [-0.39, 0.29) is 5.91 Å². The number of halogens is 1. The van der Waals surface area contributed by atoms with Crippen molar-refractivity contribution in [2.45, 2.75) is 13.8 Å². The number of rotatable bonds is 2. The maximum absolute atomic E-state index is 12.0. The monoisotopic (exact) mass is 314 g/mol. The van der Waals surface area contributed by atoms with E-state index in [0.29, 0.717) is 15.3 Å². The zero-order chi connectivity index (χ0) is 12.6. The molecule has 0 aliphatic heterocycles. The molecule has 7 heteroatoms. The Bertz CT molecular complexity index is 575. The molecule has 0 bridgehead atoms. The Labute approximate surface area is 111 Å². The second kappa shape index (κ2) is 4.58. The molecule has 2 rings (SSSR count). The number of anilines is 1. The van der Waals surface area contributed by atoms with Crippen LogP contribution in [-0.4, -0.2) is 20.7 Å². The molecule has 1 amide bonds. The lowest BCUT2D eigenvalue weighted by molar-refractivity contribution is 0.102. The SMILES string of the molecule is Cc1cnc(NC(=O)c2nn(C)c(C)c2Br)s1. The van der Waals surface area contributed by atoms with E-state index >= 15 is 0 Å². The van der Waals surface area contributed by atoms with E-state index in [9.17, 15) is 4.79 Å². The molecule has 0 aliphatic carbocycles. The van der Waals surface area contributed by atoms with Crippen molar-refractivity contribution in [2.75, 3.05) is 5.32 Å². The van der Waals surface area contributed by atoms with Crippen LogP contribution in [-0.2, 0) is 7.05 Å². The van der Waals surface area contributed by atoms with Gasteiger partial charge in [0.15, 0.2) is 10.8 Å². The second-order valence-corrected chi connectivity index (χ2v) is 5.63. The molecule has 0 spiro atoms. The molecule has 90 valence electrons. The molecular weight excluding hydrogens is 304 g/mol. The fourth-order valence-electron chi connectivity index (χ4n) is 1.30. The van der Waals surface area contributed by atoms with Gasteiger partial charge in [-0.15, -0.1) is 11.3 Å². The van der Waals surface area contributed by atoms with Gasteiger partial charge in [-0.3, -0.25) is 14.8 Å². The van der Waals surface area contributed by atoms with Crippen LogP contribution in [0.4, 0.5) is 5.13 Å². The molecule has 2 heterocycles. The third-order valence-corrected chi connectivity index (χ3v) is 4.10. The normalized spacial score (nSPS) is 10.6. The van der Waals surface area contributed by atoms with E-state index < -0.39 is 0 Å². The Hall–Kier alpha value is -1.21. The van der Waals surface area contributed by atoms with Gasteiger partial charge in [0, 0.05) is 18.1 Å². The average molecular weight is 315 g/mol. The van der Waals surface area contributed by atoms with Crippen molar-refractivity contribution >= 4 is 38.3 Å². The van der Waals surface area contributed by atoms with Gasteiger partial charge in [-0.2, -0.15) is 5.10 Å². The summed E-state index contributed by atoms with van der Waals surface area (Å²) in [7, 11) is 1.80. The molecule has 2 aromatic rings. The summed E-state index contributed by atoms with van der Waals surface area (Å²) in [5.74, 6) is -0.255. The first-order valence-corrected chi connectivity index (χ1v) is 6.53. The lowest BCUT2D eigenvalue weighted by atomic mass is 10.3. The van der Waals surface area contributed by atoms with Crippen LogP contribution in [0.2, 0.25) is 0 Å². The molecule has 0 unspecified atom stereocenters. The topological polar surface area (TPSA) is 59.8 Å². The number of nitrogens with zero attached hydrogens (tertiary/aromatic N) is 3. The van der Waals surface area contributed by atoms with Crippen LogP contribution in [0.15, 0.2) is 10.7 Å². The van der Waals surface area contributed by atoms with Crippen molar-refractivity contribution in [3.8, 4) is 0 Å². The van der Waals surface area contributed by atoms with Gasteiger partial charge in [-0.25, -0.2) is 4.98 Å². The number of hydrogen-bond acceptors (Lipinski definition) is 4. The van der Waals surface area contributed by atoms with Gasteiger partial charge in [-0.1, -0.05) is 0 Å². The van der Waals surface area contributed by atoms with Crippen LogP contribution >= 0.6 is 27.3 Å². The molecule has 2 aromatic heterocycles. The van der Waals surface area contributed by atoms with Crippen molar-refractivity contribution in [1.29, 1.82) is 0 Å². The molecular formula is C10H11BrN4OS. The average Bonchev–Trinajstić information content (AvgIpc) is 2.78. The largest absolute Gasteiger partial charge is 0.296 e. The molecule has 0 aliphatic rings. The molecule has 0 saturated carbocycles. The van der Waals surface area contributed by atoms with Crippen LogP contribution < -0.4 is 5.32 Å². The quantitative estimate of drug-likeness (QED) is 0.926. The van der Waals surface area contributed by atoms with Gasteiger partial charge >= 0.3 is 0 Å². The first-order valence-electron chi connectivity index (χ1n) is 4.92. The van der Waals surface area contributed by atoms with Gasteiger partial charge in [0.05, 0.1) is 10.2 Å². The zero-order valence-corrected chi connectivity index (χ0v) is 12.0. The van der Waals surface area contributed by atoms with Gasteiger partial charge in [0.1, 0.15) is 0 Å². The standard InChI is InChI=1S/C10H11BrN4OS/c1-5-4-12-10(17-5)13-9(16)8-7(11)6(2)15(3)14-8/h4H,1-3H3,(H,12,13,16). The van der Waals surface area contributed by atoms with Crippen molar-refractivity contribution in [2.24, 2.45) is 7.05 Å². The van der Waals surface area contributed by atoms with Crippen molar-refractivity contribution in [3.63, 3.8) is 0 Å². The fourth-order valence-corrected chi connectivity index (χ4v) is 2.47. The molecule has 0 fully saturated rings. The Morgan fingerprint density at radius 1 is 1.53 bits per heavy atom. The highest BCUT2D eigenvalue weighted by Crippen LogP contribution is 2.22. The van der Waals surface area contributed by atoms with E-state index in [0.717, 1.165) is 10.6 Å². The Morgan fingerprint density at radius 2 is 2.24 bits per heavy atom. The second-order valence-electron chi connectivity index (χ2n) is 3.60. The Kier molecular flexibility index (Phi) is 3.30. The van der Waals surface area contributed by atoms with E-state index in [1.165, 1.54) is 11.3 Å². The van der Waals surface area contributed by atoms with E-state index in [1.807, 2.05) is 13.8 Å². The number of carbonyl (C=O) groups excluding carboxylic acids is 1. The highest BCUT2D eigenvalue weighted by Gasteiger charge is 2.18. The predicted molar refractivity (Wildman–Crippen MR) is 70.4 cm³/mol. The van der Waals surface area contributed by atoms with Crippen LogP contribution in [0, 0.1) is 13.8 Å². The molecule has 17 heavy (non-hydrogen) atoms. The zero-order valence-electron chi connectivity index (χ0n) is 9.61. The summed E-state index contributed by atoms with van der Waals surface area (Å²) in [6, 6.07) is 0. The lowest BCUT2D eigenvalue weighted by Gasteiger charge is -1.98. The van der Waals surface area contributed by atoms with Crippen molar-refractivity contribution < 1.29 is 4.79 Å². The number of carbonyl (C=O) groups is 1. The third kappa shape index (κ3) is 2.39. The predicted octanol–water partition coefficient (Wildman–Crippen LogP) is 2.51. The number of amides is 1. The summed E-state index contributed by atoms with van der Waals surface area (Å²) in [6.07, 6.45) is 1.72. The molecule has 5 nitrogen and oxygen atoms in total. The van der Waals surface area contributed by atoms with Gasteiger partial charge in [0.25, 0.3) is 5.91 Å². The minimum Gasteiger partial charge on any atom is -0.296 e. The highest BCUT2D eigenvalue weighted by atomic mass is 79.9. The summed E-state index contributed by atoms with van der Waals surface area (Å²) in [5, 5.41) is 7.46. The molecule has 0 radical (unpaired) electrons. The molecule has 0 saturated heterocycles. The van der Waals surface area contributed by atoms with Gasteiger partial charge in [0.2, 0.25) is 0 Å². The van der Waals surface area contributed by atoms with Crippen molar-refractivity contribution in [3.05, 3.63) is 26.9 Å². The van der Waals surface area contributed by atoms with Crippen LogP contribution in [0.1, 0.15) is 21.1 Å². The highest BCUT2D eigenvalue weighted by molar-refractivity contribution is 9.10. The summed E-state index contributed by atoms with van der Waals surface area (Å²) < 4.78 is 2.37. The maximum atomic E-state index is 12.0. The Balaban J connectivity index is 2.23. The number of hydrogen-bond donors (Lipinski definition) is 1. The summed E-state index contributed by atoms with van der Waals surface area (Å²) >= 11 is 4.79. The maximum Gasteiger partial charge on any atom is 0.279 e. The Morgan fingerprint density at radius 3 is 2.71 bits per heavy atom. The lowest BCUT2D eigenvalue weighted by Crippen LogP contribution is -2.13. The van der Waals surface area contributed by atoms with E-state index in [1.54, 1.807) is 17.9 Å². The number of aryl methyl sites for hydroxylation is 2. The van der Waals surface area contributed by atoms with Crippen LogP contribution in [0.3, 0.4) is 0 Å². The minimum absolute atomic E-state index is 0.255. The van der Waals surface area contributed by atoms with Crippen LogP contribution in [0.5, 0.6) is 0 Å². The number of aromatic nitrogens is 3. The summed E-state index contributed by atoms with van der Waals surface area (Å²) in [4.78, 5) is 17.1. The van der Waals surface area contributed by atoms with Crippen LogP contribution in [0.25, 0.3) is 0 Å². The van der Waals surface area contributed by atoms with Crippen molar-refractivity contribution in [1.82, 2.24) is 14.8 Å². The fraction of sp³-hybridized carbons (Fsp3) is 0.300. The first kappa shape index (κ1) is 12.3. The molecule has 0 aromatic carbocycles. The van der Waals surface area contributed by atoms with Gasteiger partial charge in [-0.05, 0) is 29.8 Å². The molecule has 1 N–H and O–H groups in total. The first-order chi connectivity index (χ1) is 7.99. The van der Waals surface area contributed by atoms with Gasteiger partial charge < -0.3 is 0 Å². The summed E-state index contributed by atoms with van der Waals surface area (Å²) in [5.41, 5.74) is 1.28. The van der Waals surface area contributed by atoms with E-state index in [2.05, 4.69) is 31.3 Å². The smallest absolute Gasteiger partial charge is 0.279 e. The third-order valence-electron chi connectivity index (χ3n) is 2.32. The number of thiazole rings is 1. The minimum atomic E-state index is -0.255. The van der Waals surface area contributed by atoms with E-state index in [4.69, 9.17) is 0 Å². The molecule has 0 atom stereocenters. The summed E-state index contributed by atoms with van der Waals surface area (Å²) in [6.45, 7) is 3.83.